The molecule has 1 aliphatic rings. The number of nitrogens with one attached hydrogen (secondary N) is 4. The molecule has 4 rings (SSSR count). The van der Waals surface area contributed by atoms with Gasteiger partial charge < -0.3 is 20.9 Å². The van der Waals surface area contributed by atoms with E-state index in [1.54, 1.807) is 10.8 Å². The summed E-state index contributed by atoms with van der Waals surface area (Å²) in [4.78, 5) is 62.7. The summed E-state index contributed by atoms with van der Waals surface area (Å²) >= 11 is 2.50. The Morgan fingerprint density at radius 1 is 1.02 bits per heavy atom. The third kappa shape index (κ3) is 9.38. The average molecular weight is 662 g/mol. The number of benzene rings is 1. The van der Waals surface area contributed by atoms with Crippen molar-refractivity contribution in [3.05, 3.63) is 68.1 Å². The van der Waals surface area contributed by atoms with Crippen LogP contribution in [0.3, 0.4) is 0 Å². The molecule has 2 aromatic heterocycles. The van der Waals surface area contributed by atoms with E-state index >= 15 is 0 Å². The lowest BCUT2D eigenvalue weighted by atomic mass is 10.0. The van der Waals surface area contributed by atoms with E-state index in [1.807, 2.05) is 44.2 Å². The fourth-order valence-corrected chi connectivity index (χ4v) is 6.69. The molecule has 3 heterocycles. The molecule has 0 radical (unpaired) electrons. The Labute approximate surface area is 263 Å². The monoisotopic (exact) mass is 661 g/mol. The van der Waals surface area contributed by atoms with Crippen LogP contribution < -0.4 is 20.7 Å². The van der Waals surface area contributed by atoms with Crippen molar-refractivity contribution >= 4 is 56.3 Å². The second kappa shape index (κ2) is 14.8. The van der Waals surface area contributed by atoms with Crippen molar-refractivity contribution in [2.24, 2.45) is 5.92 Å². The van der Waals surface area contributed by atoms with E-state index in [2.05, 4.69) is 30.6 Å². The molecule has 44 heavy (non-hydrogen) atoms. The van der Waals surface area contributed by atoms with Crippen LogP contribution in [0.15, 0.2) is 41.1 Å². The third-order valence-corrected chi connectivity index (χ3v) is 9.26. The number of carbonyl (C=O) groups excluding carboxylic acids is 4. The SMILES string of the molecule is CC(C)[C@@H]1NC(=O)c2csc(n2)[C@H](Cc2ccccc2)NC(=O)CN(C(=O)CNS(C)(=O)=O)CCCNC(=O)c2csc1n2. The zero-order chi connectivity index (χ0) is 31.9. The average Bonchev–Trinajstić information content (AvgIpc) is 3.66. The van der Waals surface area contributed by atoms with Gasteiger partial charge in [-0.1, -0.05) is 44.2 Å². The molecule has 0 spiro atoms. The number of carbonyl (C=O) groups is 4. The van der Waals surface area contributed by atoms with Gasteiger partial charge in [-0.2, -0.15) is 0 Å². The fraction of sp³-hybridized carbons (Fsp3) is 0.429. The first-order valence-electron chi connectivity index (χ1n) is 13.9. The number of fused-ring (bicyclic) bond motifs is 4. The Bertz CT molecular complexity index is 1590. The van der Waals surface area contributed by atoms with Crippen molar-refractivity contribution in [1.29, 1.82) is 0 Å². The predicted molar refractivity (Wildman–Crippen MR) is 167 cm³/mol. The quantitative estimate of drug-likeness (QED) is 0.308. The molecule has 0 fully saturated rings. The third-order valence-electron chi connectivity index (χ3n) is 6.71. The molecule has 3 aromatic rings. The summed E-state index contributed by atoms with van der Waals surface area (Å²) in [7, 11) is -3.65. The first-order valence-corrected chi connectivity index (χ1v) is 17.6. The Kier molecular flexibility index (Phi) is 11.2. The molecule has 1 aliphatic heterocycles. The number of hydrogen-bond donors (Lipinski definition) is 4. The number of thiazole rings is 2. The van der Waals surface area contributed by atoms with Gasteiger partial charge in [0.15, 0.2) is 0 Å². The van der Waals surface area contributed by atoms with Crippen molar-refractivity contribution in [2.45, 2.75) is 38.8 Å². The summed E-state index contributed by atoms with van der Waals surface area (Å²) in [6.45, 7) is 3.28. The summed E-state index contributed by atoms with van der Waals surface area (Å²) in [5, 5.41) is 13.0. The Hall–Kier alpha value is -3.73. The zero-order valence-corrected chi connectivity index (χ0v) is 27.0. The molecule has 2 atom stereocenters. The van der Waals surface area contributed by atoms with E-state index in [0.29, 0.717) is 22.9 Å². The lowest BCUT2D eigenvalue weighted by molar-refractivity contribution is -0.135. The van der Waals surface area contributed by atoms with Crippen LogP contribution in [0, 0.1) is 5.92 Å². The van der Waals surface area contributed by atoms with Crippen LogP contribution in [-0.4, -0.2) is 79.3 Å². The smallest absolute Gasteiger partial charge is 0.271 e. The van der Waals surface area contributed by atoms with Gasteiger partial charge >= 0.3 is 0 Å². The maximum Gasteiger partial charge on any atom is 0.271 e. The molecule has 1 aromatic carbocycles. The Morgan fingerprint density at radius 2 is 1.68 bits per heavy atom. The highest BCUT2D eigenvalue weighted by molar-refractivity contribution is 7.88. The van der Waals surface area contributed by atoms with E-state index < -0.39 is 52.3 Å². The highest BCUT2D eigenvalue weighted by Crippen LogP contribution is 2.27. The topological polar surface area (TPSA) is 180 Å². The second-order valence-electron chi connectivity index (χ2n) is 10.7. The van der Waals surface area contributed by atoms with Crippen LogP contribution in [0.5, 0.6) is 0 Å². The van der Waals surface area contributed by atoms with E-state index in [-0.39, 0.29) is 36.9 Å². The van der Waals surface area contributed by atoms with Crippen molar-refractivity contribution in [3.8, 4) is 0 Å². The highest BCUT2D eigenvalue weighted by atomic mass is 32.2. The van der Waals surface area contributed by atoms with Gasteiger partial charge in [0.05, 0.1) is 31.4 Å². The fourth-order valence-electron chi connectivity index (χ4n) is 4.44. The van der Waals surface area contributed by atoms with Crippen molar-refractivity contribution in [3.63, 3.8) is 0 Å². The molecule has 16 heteroatoms. The minimum atomic E-state index is -3.65. The van der Waals surface area contributed by atoms with Gasteiger partial charge in [0.25, 0.3) is 11.8 Å². The van der Waals surface area contributed by atoms with Gasteiger partial charge in [-0.15, -0.1) is 22.7 Å². The predicted octanol–water partition coefficient (Wildman–Crippen LogP) is 1.64. The van der Waals surface area contributed by atoms with Crippen molar-refractivity contribution < 1.29 is 27.6 Å². The zero-order valence-electron chi connectivity index (χ0n) is 24.5. The van der Waals surface area contributed by atoms with Crippen LogP contribution in [-0.2, 0) is 26.0 Å². The van der Waals surface area contributed by atoms with E-state index in [1.165, 1.54) is 27.6 Å². The molecule has 0 saturated carbocycles. The summed E-state index contributed by atoms with van der Waals surface area (Å²) in [6, 6.07) is 8.41. The molecular formula is C28H35N7O6S3. The molecule has 0 aliphatic carbocycles. The Balaban J connectivity index is 1.65. The summed E-state index contributed by atoms with van der Waals surface area (Å²) in [5.74, 6) is -1.94. The van der Waals surface area contributed by atoms with Gasteiger partial charge in [-0.3, -0.25) is 19.2 Å². The van der Waals surface area contributed by atoms with Crippen LogP contribution >= 0.6 is 22.7 Å². The molecule has 4 N–H and O–H groups in total. The lowest BCUT2D eigenvalue weighted by Gasteiger charge is -2.24. The number of sulfonamides is 1. The first kappa shape index (κ1) is 33.2. The molecular weight excluding hydrogens is 627 g/mol. The van der Waals surface area contributed by atoms with Gasteiger partial charge in [0, 0.05) is 23.8 Å². The maximum absolute atomic E-state index is 13.3. The van der Waals surface area contributed by atoms with Crippen LogP contribution in [0.1, 0.15) is 68.9 Å². The van der Waals surface area contributed by atoms with Gasteiger partial charge in [-0.25, -0.2) is 23.1 Å². The molecule has 0 saturated heterocycles. The van der Waals surface area contributed by atoms with Crippen LogP contribution in [0.2, 0.25) is 0 Å². The molecule has 236 valence electrons. The van der Waals surface area contributed by atoms with Crippen molar-refractivity contribution in [1.82, 2.24) is 35.5 Å². The van der Waals surface area contributed by atoms with Crippen LogP contribution in [0.25, 0.3) is 0 Å². The van der Waals surface area contributed by atoms with Gasteiger partial charge in [0.1, 0.15) is 21.4 Å². The normalized spacial score (nSPS) is 18.9. The molecule has 0 unspecified atom stereocenters. The summed E-state index contributed by atoms with van der Waals surface area (Å²) < 4.78 is 25.3. The van der Waals surface area contributed by atoms with E-state index in [4.69, 9.17) is 0 Å². The minimum absolute atomic E-state index is 0.0287. The standard InChI is InChI=1S/C28H35N7O6S3/c1-17(2)24-28-33-20(15-43-28)25(38)29-10-7-11-35(23(37)13-30-44(3,40)41)14-22(36)31-19(12-18-8-5-4-6-9-18)27-32-21(16-42-27)26(39)34-24/h4-6,8-9,15-17,19,24,30H,7,10-14H2,1-3H3,(H,29,38)(H,31,36)(H,34,39)/t19-,24-/m0/s1. The van der Waals surface area contributed by atoms with Crippen LogP contribution in [0.4, 0.5) is 0 Å². The summed E-state index contributed by atoms with van der Waals surface area (Å²) in [6.07, 6.45) is 1.62. The molecule has 13 nitrogen and oxygen atoms in total. The molecule has 4 amide bonds. The summed E-state index contributed by atoms with van der Waals surface area (Å²) in [5.41, 5.74) is 1.31. The second-order valence-corrected chi connectivity index (χ2v) is 14.3. The number of aromatic nitrogens is 2. The minimum Gasteiger partial charge on any atom is -0.351 e. The number of hydrogen-bond acceptors (Lipinski definition) is 10. The highest BCUT2D eigenvalue weighted by Gasteiger charge is 2.27. The van der Waals surface area contributed by atoms with E-state index in [0.717, 1.165) is 11.8 Å². The number of nitrogens with zero attached hydrogens (tertiary/aromatic N) is 3. The lowest BCUT2D eigenvalue weighted by Crippen LogP contribution is -2.46. The Morgan fingerprint density at radius 3 is 2.36 bits per heavy atom. The number of amides is 4. The first-order chi connectivity index (χ1) is 20.9. The number of rotatable bonds is 6. The largest absolute Gasteiger partial charge is 0.351 e. The molecule has 4 bridgehead atoms. The van der Waals surface area contributed by atoms with Crippen molar-refractivity contribution in [2.75, 3.05) is 32.4 Å². The van der Waals surface area contributed by atoms with E-state index in [9.17, 15) is 27.6 Å². The maximum atomic E-state index is 13.3. The van der Waals surface area contributed by atoms with Gasteiger partial charge in [-0.05, 0) is 24.3 Å². The van der Waals surface area contributed by atoms with Gasteiger partial charge in [0.2, 0.25) is 21.8 Å².